The van der Waals surface area contributed by atoms with Crippen LogP contribution in [0.5, 0.6) is 0 Å². The minimum Gasteiger partial charge on any atom is -0.358 e. The van der Waals surface area contributed by atoms with Crippen molar-refractivity contribution in [3.8, 4) is 0 Å². The van der Waals surface area contributed by atoms with Gasteiger partial charge in [0.1, 0.15) is 5.82 Å². The maximum Gasteiger partial charge on any atom is 0.224 e. The molecule has 0 radical (unpaired) electrons. The number of halogens is 2. The second-order valence-electron chi connectivity index (χ2n) is 4.94. The molecule has 100 valence electrons. The van der Waals surface area contributed by atoms with E-state index in [2.05, 4.69) is 49.8 Å². The Morgan fingerprint density at radius 1 is 1.50 bits per heavy atom. The molecule has 2 rings (SSSR count). The van der Waals surface area contributed by atoms with Crippen LogP contribution in [0, 0.1) is 5.92 Å². The maximum atomic E-state index is 5.85. The summed E-state index contributed by atoms with van der Waals surface area (Å²) in [6.45, 7) is 3.38. The zero-order chi connectivity index (χ0) is 13.1. The van der Waals surface area contributed by atoms with Crippen molar-refractivity contribution in [2.24, 2.45) is 5.92 Å². The average molecular weight is 334 g/mol. The third kappa shape index (κ3) is 3.56. The molecule has 4 nitrogen and oxygen atoms in total. The first-order valence-corrected chi connectivity index (χ1v) is 7.31. The van der Waals surface area contributed by atoms with Crippen LogP contribution < -0.4 is 4.90 Å². The third-order valence-corrected chi connectivity index (χ3v) is 4.17. The van der Waals surface area contributed by atoms with E-state index in [-0.39, 0.29) is 0 Å². The van der Waals surface area contributed by atoms with Crippen LogP contribution in [0.3, 0.4) is 0 Å². The molecule has 0 unspecified atom stereocenters. The zero-order valence-electron chi connectivity index (χ0n) is 10.7. The second-order valence-corrected chi connectivity index (χ2v) is 6.13. The first-order valence-electron chi connectivity index (χ1n) is 6.14. The smallest absolute Gasteiger partial charge is 0.224 e. The molecule has 0 bridgehead atoms. The van der Waals surface area contributed by atoms with Crippen molar-refractivity contribution in [2.45, 2.75) is 12.8 Å². The summed E-state index contributed by atoms with van der Waals surface area (Å²) in [7, 11) is 4.24. The van der Waals surface area contributed by atoms with Crippen LogP contribution in [-0.2, 0) is 0 Å². The zero-order valence-corrected chi connectivity index (χ0v) is 13.1. The topological polar surface area (TPSA) is 32.3 Å². The van der Waals surface area contributed by atoms with Gasteiger partial charge in [-0.05, 0) is 66.4 Å². The Morgan fingerprint density at radius 3 is 2.83 bits per heavy atom. The van der Waals surface area contributed by atoms with E-state index in [1.54, 1.807) is 6.20 Å². The summed E-state index contributed by atoms with van der Waals surface area (Å²) in [4.78, 5) is 12.8. The molecule has 0 saturated carbocycles. The highest BCUT2D eigenvalue weighted by Gasteiger charge is 2.19. The molecule has 1 aliphatic heterocycles. The standard InChI is InChI=1S/C12H18BrClN4/c1-17-5-3-9(4-6-17)8-18(2)11-10(13)7-15-12(14)16-11/h7,9H,3-6,8H2,1-2H3. The fourth-order valence-electron chi connectivity index (χ4n) is 2.32. The molecule has 0 N–H and O–H groups in total. The fraction of sp³-hybridized carbons (Fsp3) is 0.667. The van der Waals surface area contributed by atoms with Gasteiger partial charge in [0.2, 0.25) is 5.28 Å². The van der Waals surface area contributed by atoms with E-state index in [0.717, 1.165) is 22.8 Å². The van der Waals surface area contributed by atoms with Crippen molar-refractivity contribution >= 4 is 33.3 Å². The van der Waals surface area contributed by atoms with Crippen molar-refractivity contribution in [3.05, 3.63) is 16.0 Å². The predicted octanol–water partition coefficient (Wildman–Crippen LogP) is 2.67. The predicted molar refractivity (Wildman–Crippen MR) is 78.2 cm³/mol. The van der Waals surface area contributed by atoms with E-state index in [1.165, 1.54) is 25.9 Å². The molecule has 1 saturated heterocycles. The summed E-state index contributed by atoms with van der Waals surface area (Å²) in [5.74, 6) is 1.60. The lowest BCUT2D eigenvalue weighted by Gasteiger charge is -2.32. The van der Waals surface area contributed by atoms with Gasteiger partial charge in [-0.2, -0.15) is 4.98 Å². The van der Waals surface area contributed by atoms with Crippen molar-refractivity contribution in [1.82, 2.24) is 14.9 Å². The third-order valence-electron chi connectivity index (χ3n) is 3.43. The largest absolute Gasteiger partial charge is 0.358 e. The lowest BCUT2D eigenvalue weighted by atomic mass is 9.97. The number of piperidine rings is 1. The van der Waals surface area contributed by atoms with Gasteiger partial charge in [0.05, 0.1) is 4.47 Å². The van der Waals surface area contributed by atoms with Gasteiger partial charge in [-0.15, -0.1) is 0 Å². The van der Waals surface area contributed by atoms with Crippen LogP contribution in [0.4, 0.5) is 5.82 Å². The average Bonchev–Trinajstić information content (AvgIpc) is 2.35. The summed E-state index contributed by atoms with van der Waals surface area (Å²) >= 11 is 9.32. The molecule has 1 fully saturated rings. The molecule has 1 aromatic rings. The Morgan fingerprint density at radius 2 is 2.17 bits per heavy atom. The maximum absolute atomic E-state index is 5.85. The van der Waals surface area contributed by atoms with E-state index in [0.29, 0.717) is 5.28 Å². The van der Waals surface area contributed by atoms with Crippen molar-refractivity contribution in [3.63, 3.8) is 0 Å². The first-order chi connectivity index (χ1) is 8.56. The minimum absolute atomic E-state index is 0.295. The van der Waals surface area contributed by atoms with Gasteiger partial charge in [-0.1, -0.05) is 0 Å². The highest BCUT2D eigenvalue weighted by atomic mass is 79.9. The molecule has 0 atom stereocenters. The number of anilines is 1. The minimum atomic E-state index is 0.295. The number of aromatic nitrogens is 2. The number of rotatable bonds is 3. The van der Waals surface area contributed by atoms with Gasteiger partial charge in [0.15, 0.2) is 0 Å². The van der Waals surface area contributed by atoms with Gasteiger partial charge >= 0.3 is 0 Å². The van der Waals surface area contributed by atoms with Crippen LogP contribution in [-0.4, -0.2) is 48.6 Å². The van der Waals surface area contributed by atoms with Crippen molar-refractivity contribution < 1.29 is 0 Å². The van der Waals surface area contributed by atoms with Crippen LogP contribution in [0.1, 0.15) is 12.8 Å². The highest BCUT2D eigenvalue weighted by molar-refractivity contribution is 9.10. The summed E-state index contributed by atoms with van der Waals surface area (Å²) in [6, 6.07) is 0. The van der Waals surface area contributed by atoms with Gasteiger partial charge in [-0.3, -0.25) is 0 Å². The van der Waals surface area contributed by atoms with Crippen molar-refractivity contribution in [2.75, 3.05) is 38.6 Å². The number of hydrogen-bond acceptors (Lipinski definition) is 4. The number of likely N-dealkylation sites (tertiary alicyclic amines) is 1. The molecule has 2 heterocycles. The molecule has 18 heavy (non-hydrogen) atoms. The molecular weight excluding hydrogens is 316 g/mol. The number of hydrogen-bond donors (Lipinski definition) is 0. The molecule has 1 aliphatic rings. The summed E-state index contributed by atoms with van der Waals surface area (Å²) in [5.41, 5.74) is 0. The second kappa shape index (κ2) is 6.17. The van der Waals surface area contributed by atoms with Gasteiger partial charge in [-0.25, -0.2) is 4.98 Å². The first kappa shape index (κ1) is 14.0. The van der Waals surface area contributed by atoms with Gasteiger partial charge in [0, 0.05) is 19.8 Å². The molecule has 0 amide bonds. The Hall–Kier alpha value is -0.390. The number of nitrogens with zero attached hydrogens (tertiary/aromatic N) is 4. The Labute approximate surface area is 121 Å². The summed E-state index contributed by atoms with van der Waals surface area (Å²) in [5, 5.41) is 0.295. The van der Waals surface area contributed by atoms with E-state index in [1.807, 2.05) is 0 Å². The van der Waals surface area contributed by atoms with Crippen LogP contribution in [0.15, 0.2) is 10.7 Å². The normalized spacial score (nSPS) is 18.0. The molecular formula is C12H18BrClN4. The van der Waals surface area contributed by atoms with E-state index < -0.39 is 0 Å². The van der Waals surface area contributed by atoms with E-state index >= 15 is 0 Å². The van der Waals surface area contributed by atoms with Crippen LogP contribution >= 0.6 is 27.5 Å². The van der Waals surface area contributed by atoms with Gasteiger partial charge in [0.25, 0.3) is 0 Å². The summed E-state index contributed by atoms with van der Waals surface area (Å²) < 4.78 is 0.891. The lowest BCUT2D eigenvalue weighted by Crippen LogP contribution is -2.36. The summed E-state index contributed by atoms with van der Waals surface area (Å²) in [6.07, 6.45) is 4.20. The van der Waals surface area contributed by atoms with E-state index in [9.17, 15) is 0 Å². The van der Waals surface area contributed by atoms with E-state index in [4.69, 9.17) is 11.6 Å². The molecule has 6 heteroatoms. The highest BCUT2D eigenvalue weighted by Crippen LogP contribution is 2.25. The molecule has 0 aliphatic carbocycles. The Balaban J connectivity index is 1.98. The van der Waals surface area contributed by atoms with Crippen LogP contribution in [0.2, 0.25) is 5.28 Å². The van der Waals surface area contributed by atoms with Crippen LogP contribution in [0.25, 0.3) is 0 Å². The molecule has 0 aromatic carbocycles. The Kier molecular flexibility index (Phi) is 4.81. The quantitative estimate of drug-likeness (QED) is 0.796. The van der Waals surface area contributed by atoms with Crippen molar-refractivity contribution in [1.29, 1.82) is 0 Å². The fourth-order valence-corrected chi connectivity index (χ4v) is 2.95. The molecule has 0 spiro atoms. The van der Waals surface area contributed by atoms with Gasteiger partial charge < -0.3 is 9.80 Å². The lowest BCUT2D eigenvalue weighted by molar-refractivity contribution is 0.222. The monoisotopic (exact) mass is 332 g/mol. The SMILES string of the molecule is CN1CCC(CN(C)c2nc(Cl)ncc2Br)CC1. The Bertz CT molecular complexity index is 407. The molecule has 1 aromatic heterocycles.